The molecule has 4 aromatic carbocycles. The van der Waals surface area contributed by atoms with Crippen molar-refractivity contribution in [3.05, 3.63) is 132 Å². The molecule has 0 radical (unpaired) electrons. The number of nitrogens with zero attached hydrogens (tertiary/aromatic N) is 4. The first kappa shape index (κ1) is 33.8. The number of fused-ring (bicyclic) bond motifs is 4. The Morgan fingerprint density at radius 3 is 2.21 bits per heavy atom. The average Bonchev–Trinajstić information content (AvgIpc) is 3.46. The van der Waals surface area contributed by atoms with Gasteiger partial charge in [-0.2, -0.15) is 12.1 Å². The van der Waals surface area contributed by atoms with Crippen molar-refractivity contribution in [3.8, 4) is 22.6 Å². The van der Waals surface area contributed by atoms with Crippen LogP contribution in [-0.2, 0) is 36.4 Å². The van der Waals surface area contributed by atoms with E-state index in [0.717, 1.165) is 28.1 Å². The summed E-state index contributed by atoms with van der Waals surface area (Å²) in [5.41, 5.74) is 13.7. The zero-order chi connectivity index (χ0) is 33.1. The molecule has 48 heavy (non-hydrogen) atoms. The van der Waals surface area contributed by atoms with Gasteiger partial charge >= 0.3 is 20.1 Å². The number of rotatable bonds is 2. The Morgan fingerprint density at radius 2 is 1.54 bits per heavy atom. The van der Waals surface area contributed by atoms with Crippen molar-refractivity contribution in [1.29, 1.82) is 0 Å². The van der Waals surface area contributed by atoms with Crippen molar-refractivity contribution in [2.24, 2.45) is 0 Å². The summed E-state index contributed by atoms with van der Waals surface area (Å²) in [7, 11) is 2.22. The Morgan fingerprint density at radius 1 is 0.812 bits per heavy atom. The number of pyridine rings is 1. The molecule has 244 valence electrons. The van der Waals surface area contributed by atoms with Crippen molar-refractivity contribution >= 4 is 22.4 Å². The largest absolute Gasteiger partial charge is 3.00 e. The molecule has 0 saturated carbocycles. The van der Waals surface area contributed by atoms with Crippen molar-refractivity contribution in [2.45, 2.75) is 77.6 Å². The molecule has 5 heteroatoms. The molecular formula is C43H44IrN4+. The molecule has 6 aromatic rings. The van der Waals surface area contributed by atoms with E-state index in [1.54, 1.807) is 6.20 Å². The Labute approximate surface area is 299 Å². The Bertz CT molecular complexity index is 2030. The monoisotopic (exact) mass is 809 g/mol. The standard InChI is InChI=1S/C32H36N3.C11H8N.Ir/c1-30(2,3)21-12-14-22(15-13-21)34-20-35-26-17-16-23-27(32(6,7)19-18-31(23,4)5)29(26)33(8)24-10-9-11-25(34)28(24)35;1-2-6-10(7-3-1)11-8-4-5-9-12-11;/h9-16H,18-19H2,1-8H3;1-6,8-9H;/q2*-1;+3. The average molecular weight is 809 g/mol. The maximum absolute atomic E-state index is 4.22. The minimum atomic E-state index is 0. The van der Waals surface area contributed by atoms with Crippen molar-refractivity contribution in [2.75, 3.05) is 11.9 Å². The van der Waals surface area contributed by atoms with Crippen LogP contribution in [0.5, 0.6) is 0 Å². The van der Waals surface area contributed by atoms with Gasteiger partial charge < -0.3 is 14.5 Å². The fourth-order valence-electron chi connectivity index (χ4n) is 7.20. The number of aromatic nitrogens is 3. The van der Waals surface area contributed by atoms with Crippen LogP contribution in [0.25, 0.3) is 33.7 Å². The predicted molar refractivity (Wildman–Crippen MR) is 193 cm³/mol. The summed E-state index contributed by atoms with van der Waals surface area (Å²) >= 11 is 0. The summed E-state index contributed by atoms with van der Waals surface area (Å²) in [5.74, 6) is 0. The van der Waals surface area contributed by atoms with E-state index in [9.17, 15) is 0 Å². The van der Waals surface area contributed by atoms with Gasteiger partial charge in [0.25, 0.3) is 6.33 Å². The fraction of sp³-hybridized carbons (Fsp3) is 0.302. The van der Waals surface area contributed by atoms with Crippen LogP contribution in [0, 0.1) is 18.5 Å². The molecule has 0 unspecified atom stereocenters. The van der Waals surface area contributed by atoms with E-state index in [-0.39, 0.29) is 36.4 Å². The van der Waals surface area contributed by atoms with Crippen LogP contribution < -0.4 is 9.47 Å². The number of benzene rings is 4. The second kappa shape index (κ2) is 12.4. The SMILES string of the molecule is CN1c2c([c-]cc3c2C(C)(C)CCC3(C)C)-[n+]2[c-]n(-c3ccc(C(C)(C)C)cc3)c3cccc1c32.[Ir+3].[c-]1ccccc1-c1ccccn1. The van der Waals surface area contributed by atoms with Gasteiger partial charge in [0.15, 0.2) is 0 Å². The smallest absolute Gasteiger partial charge is 0.404 e. The summed E-state index contributed by atoms with van der Waals surface area (Å²) in [6.45, 7) is 16.3. The van der Waals surface area contributed by atoms with E-state index < -0.39 is 0 Å². The van der Waals surface area contributed by atoms with Crippen LogP contribution in [0.3, 0.4) is 0 Å². The van der Waals surface area contributed by atoms with E-state index in [2.05, 4.69) is 142 Å². The van der Waals surface area contributed by atoms with Gasteiger partial charge in [-0.25, -0.2) is 0 Å². The van der Waals surface area contributed by atoms with Gasteiger partial charge in [-0.15, -0.1) is 47.0 Å². The van der Waals surface area contributed by atoms with Crippen LogP contribution in [0.4, 0.5) is 11.4 Å². The fourth-order valence-corrected chi connectivity index (χ4v) is 7.20. The Kier molecular flexibility index (Phi) is 8.77. The molecular weight excluding hydrogens is 765 g/mol. The minimum absolute atomic E-state index is 0. The van der Waals surface area contributed by atoms with E-state index in [1.807, 2.05) is 42.5 Å². The summed E-state index contributed by atoms with van der Waals surface area (Å²) in [6.07, 6.45) is 7.88. The van der Waals surface area contributed by atoms with Crippen LogP contribution in [-0.4, -0.2) is 16.6 Å². The normalized spacial score (nSPS) is 15.5. The molecule has 1 aliphatic heterocycles. The minimum Gasteiger partial charge on any atom is -0.404 e. The molecule has 0 amide bonds. The van der Waals surface area contributed by atoms with Crippen LogP contribution in [0.2, 0.25) is 0 Å². The van der Waals surface area contributed by atoms with Crippen molar-refractivity contribution < 1.29 is 24.7 Å². The topological polar surface area (TPSA) is 24.9 Å². The summed E-state index contributed by atoms with van der Waals surface area (Å²) < 4.78 is 4.45. The van der Waals surface area contributed by atoms with Gasteiger partial charge in [-0.3, -0.25) is 4.57 Å². The molecule has 4 nitrogen and oxygen atoms in total. The van der Waals surface area contributed by atoms with Gasteiger partial charge in [0, 0.05) is 11.9 Å². The predicted octanol–water partition coefficient (Wildman–Crippen LogP) is 9.78. The molecule has 0 fully saturated rings. The van der Waals surface area contributed by atoms with Gasteiger partial charge in [0.05, 0.1) is 11.2 Å². The molecule has 2 aromatic heterocycles. The number of hydrogen-bond acceptors (Lipinski definition) is 2. The van der Waals surface area contributed by atoms with Crippen molar-refractivity contribution in [1.82, 2.24) is 9.55 Å². The van der Waals surface area contributed by atoms with E-state index in [1.165, 1.54) is 46.4 Å². The van der Waals surface area contributed by atoms with E-state index >= 15 is 0 Å². The first-order chi connectivity index (χ1) is 22.4. The summed E-state index contributed by atoms with van der Waals surface area (Å²) in [6, 6.07) is 38.3. The third-order valence-electron chi connectivity index (χ3n) is 10.1. The number of imidazole rings is 1. The molecule has 8 rings (SSSR count). The number of anilines is 2. The third kappa shape index (κ3) is 5.82. The molecule has 0 bridgehead atoms. The second-order valence-electron chi connectivity index (χ2n) is 15.3. The van der Waals surface area contributed by atoms with E-state index in [4.69, 9.17) is 0 Å². The molecule has 2 aliphatic rings. The van der Waals surface area contributed by atoms with E-state index in [0.29, 0.717) is 0 Å². The quantitative estimate of drug-likeness (QED) is 0.129. The molecule has 3 heterocycles. The Hall–Kier alpha value is -4.05. The zero-order valence-corrected chi connectivity index (χ0v) is 31.7. The second-order valence-corrected chi connectivity index (χ2v) is 15.3. The van der Waals surface area contributed by atoms with Gasteiger partial charge in [0.2, 0.25) is 0 Å². The van der Waals surface area contributed by atoms with Crippen LogP contribution in [0.15, 0.2) is 97.2 Å². The molecule has 0 saturated heterocycles. The maximum atomic E-state index is 4.22. The summed E-state index contributed by atoms with van der Waals surface area (Å²) in [4.78, 5) is 6.62. The van der Waals surface area contributed by atoms with Gasteiger partial charge in [0.1, 0.15) is 5.52 Å². The van der Waals surface area contributed by atoms with Crippen molar-refractivity contribution in [3.63, 3.8) is 0 Å². The number of para-hydroxylation sites is 1. The van der Waals surface area contributed by atoms with Gasteiger partial charge in [-0.05, 0) is 65.5 Å². The maximum Gasteiger partial charge on any atom is 3.00 e. The Balaban J connectivity index is 0.000000260. The van der Waals surface area contributed by atoms with Crippen LogP contribution >= 0.6 is 0 Å². The molecule has 0 N–H and O–H groups in total. The zero-order valence-electron chi connectivity index (χ0n) is 29.3. The number of hydrogen-bond donors (Lipinski definition) is 0. The van der Waals surface area contributed by atoms with Crippen LogP contribution in [0.1, 0.15) is 78.0 Å². The molecule has 1 aliphatic carbocycles. The first-order valence-electron chi connectivity index (χ1n) is 16.7. The molecule has 0 spiro atoms. The van der Waals surface area contributed by atoms with Gasteiger partial charge in [-0.1, -0.05) is 102 Å². The molecule has 0 atom stereocenters. The first-order valence-corrected chi connectivity index (χ1v) is 16.7. The summed E-state index contributed by atoms with van der Waals surface area (Å²) in [5, 5.41) is 0. The third-order valence-corrected chi connectivity index (χ3v) is 10.1.